The maximum Gasteiger partial charge on any atom is 0.0999 e. The molecule has 1 nitrogen and oxygen atoms in total. The molecule has 1 aromatic carbocycles. The van der Waals surface area contributed by atoms with Crippen molar-refractivity contribution < 1.29 is 5.11 Å². The van der Waals surface area contributed by atoms with Gasteiger partial charge in [0.25, 0.3) is 0 Å². The molecule has 1 heterocycles. The average molecular weight is 208 g/mol. The molecular formula is C12H16OS. The van der Waals surface area contributed by atoms with Gasteiger partial charge in [0.1, 0.15) is 0 Å². The van der Waals surface area contributed by atoms with Gasteiger partial charge < -0.3 is 5.11 Å². The Labute approximate surface area is 89.5 Å². The minimum Gasteiger partial charge on any atom is -0.384 e. The predicted octanol–water partition coefficient (Wildman–Crippen LogP) is 2.71. The molecule has 1 aliphatic rings. The average Bonchev–Trinajstić information content (AvgIpc) is 2.48. The van der Waals surface area contributed by atoms with E-state index in [1.54, 1.807) is 0 Å². The van der Waals surface area contributed by atoms with Crippen LogP contribution in [0.3, 0.4) is 0 Å². The lowest BCUT2D eigenvalue weighted by Gasteiger charge is -2.24. The molecule has 1 saturated heterocycles. The summed E-state index contributed by atoms with van der Waals surface area (Å²) >= 11 is 1.86. The van der Waals surface area contributed by atoms with Crippen LogP contribution in [0.4, 0.5) is 0 Å². The highest BCUT2D eigenvalue weighted by atomic mass is 32.2. The van der Waals surface area contributed by atoms with E-state index in [0.717, 1.165) is 17.7 Å². The lowest BCUT2D eigenvalue weighted by atomic mass is 9.88. The summed E-state index contributed by atoms with van der Waals surface area (Å²) in [6.45, 7) is 4.25. The van der Waals surface area contributed by atoms with Gasteiger partial charge in [0.2, 0.25) is 0 Å². The van der Waals surface area contributed by atoms with Gasteiger partial charge in [-0.1, -0.05) is 31.2 Å². The Morgan fingerprint density at radius 3 is 2.71 bits per heavy atom. The van der Waals surface area contributed by atoms with Crippen molar-refractivity contribution in [1.82, 2.24) is 0 Å². The monoisotopic (exact) mass is 208 g/mol. The van der Waals surface area contributed by atoms with Crippen LogP contribution in [0.5, 0.6) is 0 Å². The van der Waals surface area contributed by atoms with Crippen molar-refractivity contribution in [2.75, 3.05) is 5.75 Å². The molecule has 2 unspecified atom stereocenters. The summed E-state index contributed by atoms with van der Waals surface area (Å²) in [4.78, 5) is 0. The first-order valence-corrected chi connectivity index (χ1v) is 6.07. The molecule has 0 bridgehead atoms. The largest absolute Gasteiger partial charge is 0.384 e. The number of hydrogen-bond acceptors (Lipinski definition) is 2. The van der Waals surface area contributed by atoms with Crippen LogP contribution in [0.25, 0.3) is 0 Å². The zero-order chi connectivity index (χ0) is 10.2. The van der Waals surface area contributed by atoms with E-state index in [-0.39, 0.29) is 0 Å². The molecule has 0 aromatic heterocycles. The molecule has 14 heavy (non-hydrogen) atoms. The van der Waals surface area contributed by atoms with Gasteiger partial charge >= 0.3 is 0 Å². The molecule has 1 fully saturated rings. The lowest BCUT2D eigenvalue weighted by Crippen LogP contribution is -2.26. The molecular weight excluding hydrogens is 192 g/mol. The van der Waals surface area contributed by atoms with Crippen LogP contribution >= 0.6 is 11.8 Å². The zero-order valence-corrected chi connectivity index (χ0v) is 9.47. The third-order valence-electron chi connectivity index (χ3n) is 2.88. The van der Waals surface area contributed by atoms with Gasteiger partial charge in [-0.3, -0.25) is 0 Å². The van der Waals surface area contributed by atoms with Crippen molar-refractivity contribution >= 4 is 11.8 Å². The van der Waals surface area contributed by atoms with Crippen LogP contribution in [-0.4, -0.2) is 16.1 Å². The Balaban J connectivity index is 2.35. The minimum absolute atomic E-state index is 0.569. The Morgan fingerprint density at radius 2 is 2.14 bits per heavy atom. The molecule has 1 N–H and O–H groups in total. The van der Waals surface area contributed by atoms with Gasteiger partial charge in [-0.15, -0.1) is 0 Å². The van der Waals surface area contributed by atoms with Gasteiger partial charge in [0.15, 0.2) is 0 Å². The second-order valence-corrected chi connectivity index (χ2v) is 5.60. The molecule has 1 aliphatic heterocycles. The highest BCUT2D eigenvalue weighted by molar-refractivity contribution is 8.00. The van der Waals surface area contributed by atoms with E-state index in [1.165, 1.54) is 5.56 Å². The fourth-order valence-electron chi connectivity index (χ4n) is 2.16. The Bertz CT molecular complexity index is 337. The lowest BCUT2D eigenvalue weighted by molar-refractivity contribution is 0.0606. The number of rotatable bonds is 1. The summed E-state index contributed by atoms with van der Waals surface area (Å²) in [5, 5.41) is 11.1. The van der Waals surface area contributed by atoms with Gasteiger partial charge in [-0.2, -0.15) is 11.8 Å². The zero-order valence-electron chi connectivity index (χ0n) is 8.66. The highest BCUT2D eigenvalue weighted by Gasteiger charge is 2.38. The SMILES string of the molecule is Cc1ccccc1C1(O)CSC(C)C1. The summed E-state index contributed by atoms with van der Waals surface area (Å²) in [5.74, 6) is 0.832. The van der Waals surface area contributed by atoms with Crippen molar-refractivity contribution in [2.45, 2.75) is 31.1 Å². The van der Waals surface area contributed by atoms with Crippen molar-refractivity contribution in [2.24, 2.45) is 0 Å². The van der Waals surface area contributed by atoms with E-state index in [1.807, 2.05) is 30.0 Å². The molecule has 0 radical (unpaired) electrons. The molecule has 1 aromatic rings. The van der Waals surface area contributed by atoms with E-state index < -0.39 is 5.60 Å². The fraction of sp³-hybridized carbons (Fsp3) is 0.500. The number of benzene rings is 1. The van der Waals surface area contributed by atoms with E-state index in [4.69, 9.17) is 0 Å². The molecule has 0 amide bonds. The topological polar surface area (TPSA) is 20.2 Å². The van der Waals surface area contributed by atoms with Crippen LogP contribution in [0, 0.1) is 6.92 Å². The van der Waals surface area contributed by atoms with Crippen LogP contribution in [0.2, 0.25) is 0 Å². The van der Waals surface area contributed by atoms with Crippen LogP contribution in [0.15, 0.2) is 24.3 Å². The maximum absolute atomic E-state index is 10.5. The smallest absolute Gasteiger partial charge is 0.0999 e. The molecule has 76 valence electrons. The summed E-state index contributed by atoms with van der Waals surface area (Å²) in [6, 6.07) is 8.15. The maximum atomic E-state index is 10.5. The van der Waals surface area contributed by atoms with E-state index in [0.29, 0.717) is 5.25 Å². The van der Waals surface area contributed by atoms with Crippen LogP contribution < -0.4 is 0 Å². The summed E-state index contributed by atoms with van der Waals surface area (Å²) < 4.78 is 0. The second kappa shape index (κ2) is 3.59. The van der Waals surface area contributed by atoms with Crippen molar-refractivity contribution in [3.05, 3.63) is 35.4 Å². The van der Waals surface area contributed by atoms with Gasteiger partial charge in [0, 0.05) is 11.0 Å². The van der Waals surface area contributed by atoms with Crippen LogP contribution in [0.1, 0.15) is 24.5 Å². The molecule has 2 rings (SSSR count). The second-order valence-electron chi connectivity index (χ2n) is 4.17. The van der Waals surface area contributed by atoms with E-state index in [9.17, 15) is 5.11 Å². The summed E-state index contributed by atoms with van der Waals surface area (Å²) in [5.41, 5.74) is 1.72. The standard InChI is InChI=1S/C12H16OS/c1-9-5-3-4-6-11(9)12(13)7-10(2)14-8-12/h3-6,10,13H,7-8H2,1-2H3. The number of aryl methyl sites for hydroxylation is 1. The molecule has 0 spiro atoms. The predicted molar refractivity (Wildman–Crippen MR) is 61.6 cm³/mol. The molecule has 2 heteroatoms. The number of aliphatic hydroxyl groups is 1. The molecule has 0 saturated carbocycles. The first kappa shape index (κ1) is 10.1. The van der Waals surface area contributed by atoms with Gasteiger partial charge in [-0.25, -0.2) is 0 Å². The third kappa shape index (κ3) is 1.69. The molecule has 2 atom stereocenters. The van der Waals surface area contributed by atoms with Crippen molar-refractivity contribution in [1.29, 1.82) is 0 Å². The first-order valence-electron chi connectivity index (χ1n) is 5.02. The number of hydrogen-bond donors (Lipinski definition) is 1. The normalized spacial score (nSPS) is 32.1. The summed E-state index contributed by atoms with van der Waals surface area (Å²) in [7, 11) is 0. The Kier molecular flexibility index (Phi) is 2.58. The fourth-order valence-corrected chi connectivity index (χ4v) is 3.38. The highest BCUT2D eigenvalue weighted by Crippen LogP contribution is 2.42. The summed E-state index contributed by atoms with van der Waals surface area (Å²) in [6.07, 6.45) is 0.878. The number of thioether (sulfide) groups is 1. The van der Waals surface area contributed by atoms with Crippen LogP contribution in [-0.2, 0) is 5.60 Å². The first-order chi connectivity index (χ1) is 6.62. The Hall–Kier alpha value is -0.470. The Morgan fingerprint density at radius 1 is 1.43 bits per heavy atom. The minimum atomic E-state index is -0.588. The van der Waals surface area contributed by atoms with Gasteiger partial charge in [0.05, 0.1) is 5.60 Å². The van der Waals surface area contributed by atoms with Crippen molar-refractivity contribution in [3.63, 3.8) is 0 Å². The van der Waals surface area contributed by atoms with Gasteiger partial charge in [-0.05, 0) is 24.5 Å². The third-order valence-corrected chi connectivity index (χ3v) is 4.26. The molecule has 0 aliphatic carbocycles. The van der Waals surface area contributed by atoms with Crippen molar-refractivity contribution in [3.8, 4) is 0 Å². The van der Waals surface area contributed by atoms with E-state index >= 15 is 0 Å². The quantitative estimate of drug-likeness (QED) is 0.765. The van der Waals surface area contributed by atoms with E-state index in [2.05, 4.69) is 19.9 Å².